The third-order valence-corrected chi connectivity index (χ3v) is 5.27. The molecule has 2 N–H and O–H groups in total. The molecule has 0 unspecified atom stereocenters. The predicted octanol–water partition coefficient (Wildman–Crippen LogP) is 1.69. The number of carbonyl (C=O) groups excluding carboxylic acids is 2. The molecule has 0 aliphatic carbocycles. The van der Waals surface area contributed by atoms with Crippen molar-refractivity contribution in [3.05, 3.63) is 48.3 Å². The Morgan fingerprint density at radius 3 is 2.64 bits per heavy atom. The molecule has 0 radical (unpaired) electrons. The number of nitrogens with one attached hydrogen (secondary N) is 2. The van der Waals surface area contributed by atoms with Gasteiger partial charge in [0.15, 0.2) is 5.82 Å². The topological polar surface area (TPSA) is 133 Å². The van der Waals surface area contributed by atoms with E-state index in [0.29, 0.717) is 35.6 Å². The van der Waals surface area contributed by atoms with E-state index in [-0.39, 0.29) is 17.3 Å². The normalized spacial score (nSPS) is 14.0. The van der Waals surface area contributed by atoms with Crippen LogP contribution in [0.3, 0.4) is 0 Å². The van der Waals surface area contributed by atoms with E-state index in [0.717, 1.165) is 26.1 Å². The molecule has 11 heteroatoms. The van der Waals surface area contributed by atoms with Crippen LogP contribution in [0.4, 0.5) is 5.69 Å². The average Bonchev–Trinajstić information content (AvgIpc) is 3.29. The molecule has 3 aromatic rings. The standard InChI is InChI=1S/C22H25N7O4/c1-23-21(30)16-4-3-15(10-25-16)26-22(31)17-9-19(33-12-14-5-7-32-8-6-14)28-20(27-17)18-11-24-13-29(18)2/h3-4,9-11,13-14H,5-8,12H2,1-2H3,(H,23,30)(H,26,31). The summed E-state index contributed by atoms with van der Waals surface area (Å²) >= 11 is 0. The molecule has 0 spiro atoms. The SMILES string of the molecule is CNC(=O)c1ccc(NC(=O)c2cc(OCC3CCOCC3)nc(-c3cncn3C)n2)cn1. The fraction of sp³-hybridized carbons (Fsp3) is 0.364. The van der Waals surface area contributed by atoms with Crippen molar-refractivity contribution < 1.29 is 19.1 Å². The van der Waals surface area contributed by atoms with E-state index in [2.05, 4.69) is 30.6 Å². The Kier molecular flexibility index (Phi) is 6.89. The van der Waals surface area contributed by atoms with Crippen molar-refractivity contribution in [2.75, 3.05) is 32.2 Å². The Bertz CT molecular complexity index is 1120. The smallest absolute Gasteiger partial charge is 0.274 e. The molecular formula is C22H25N7O4. The summed E-state index contributed by atoms with van der Waals surface area (Å²) in [6, 6.07) is 4.64. The molecule has 2 amide bonds. The summed E-state index contributed by atoms with van der Waals surface area (Å²) < 4.78 is 13.1. The van der Waals surface area contributed by atoms with Crippen LogP contribution in [0.25, 0.3) is 11.5 Å². The first-order chi connectivity index (χ1) is 16.0. The van der Waals surface area contributed by atoms with Crippen LogP contribution in [0.2, 0.25) is 0 Å². The molecule has 1 aliphatic heterocycles. The van der Waals surface area contributed by atoms with Crippen LogP contribution in [-0.2, 0) is 11.8 Å². The highest BCUT2D eigenvalue weighted by Crippen LogP contribution is 2.22. The molecule has 0 saturated carbocycles. The van der Waals surface area contributed by atoms with Gasteiger partial charge in [-0.3, -0.25) is 9.59 Å². The van der Waals surface area contributed by atoms with Crippen molar-refractivity contribution in [2.45, 2.75) is 12.8 Å². The maximum absolute atomic E-state index is 13.0. The molecule has 1 fully saturated rings. The van der Waals surface area contributed by atoms with Crippen molar-refractivity contribution in [1.29, 1.82) is 0 Å². The highest BCUT2D eigenvalue weighted by molar-refractivity contribution is 6.03. The summed E-state index contributed by atoms with van der Waals surface area (Å²) in [6.45, 7) is 1.92. The number of hydrogen-bond acceptors (Lipinski definition) is 8. The van der Waals surface area contributed by atoms with Gasteiger partial charge >= 0.3 is 0 Å². The van der Waals surface area contributed by atoms with E-state index in [1.165, 1.54) is 25.4 Å². The highest BCUT2D eigenvalue weighted by Gasteiger charge is 2.19. The number of nitrogens with zero attached hydrogens (tertiary/aromatic N) is 5. The van der Waals surface area contributed by atoms with Gasteiger partial charge < -0.3 is 24.7 Å². The number of rotatable bonds is 7. The van der Waals surface area contributed by atoms with E-state index in [4.69, 9.17) is 9.47 Å². The van der Waals surface area contributed by atoms with Gasteiger partial charge in [0.05, 0.1) is 31.0 Å². The van der Waals surface area contributed by atoms with Crippen molar-refractivity contribution in [2.24, 2.45) is 13.0 Å². The minimum atomic E-state index is -0.453. The molecule has 33 heavy (non-hydrogen) atoms. The second kappa shape index (κ2) is 10.2. The van der Waals surface area contributed by atoms with Gasteiger partial charge in [0.25, 0.3) is 11.8 Å². The summed E-state index contributed by atoms with van der Waals surface area (Å²) in [6.07, 6.45) is 6.51. The van der Waals surface area contributed by atoms with Crippen LogP contribution >= 0.6 is 0 Å². The number of pyridine rings is 1. The Hall–Kier alpha value is -3.86. The largest absolute Gasteiger partial charge is 0.477 e. The van der Waals surface area contributed by atoms with Gasteiger partial charge in [0.2, 0.25) is 5.88 Å². The van der Waals surface area contributed by atoms with E-state index >= 15 is 0 Å². The lowest BCUT2D eigenvalue weighted by atomic mass is 10.0. The first-order valence-electron chi connectivity index (χ1n) is 10.6. The number of anilines is 1. The maximum Gasteiger partial charge on any atom is 0.274 e. The zero-order valence-corrected chi connectivity index (χ0v) is 18.4. The lowest BCUT2D eigenvalue weighted by Gasteiger charge is -2.22. The molecule has 4 heterocycles. The number of ether oxygens (including phenoxy) is 2. The molecule has 4 rings (SSSR count). The third kappa shape index (κ3) is 5.50. The Morgan fingerprint density at radius 2 is 1.97 bits per heavy atom. The predicted molar refractivity (Wildman–Crippen MR) is 119 cm³/mol. The molecule has 172 valence electrons. The lowest BCUT2D eigenvalue weighted by molar-refractivity contribution is 0.0490. The van der Waals surface area contributed by atoms with Crippen LogP contribution in [0.15, 0.2) is 36.9 Å². The molecule has 0 aromatic carbocycles. The average molecular weight is 451 g/mol. The highest BCUT2D eigenvalue weighted by atomic mass is 16.5. The van der Waals surface area contributed by atoms with Crippen molar-refractivity contribution in [3.63, 3.8) is 0 Å². The quantitative estimate of drug-likeness (QED) is 0.554. The van der Waals surface area contributed by atoms with Crippen LogP contribution in [-0.4, -0.2) is 63.2 Å². The summed E-state index contributed by atoms with van der Waals surface area (Å²) in [5.41, 5.74) is 1.47. The van der Waals surface area contributed by atoms with Crippen LogP contribution < -0.4 is 15.4 Å². The second-order valence-electron chi connectivity index (χ2n) is 7.64. The van der Waals surface area contributed by atoms with E-state index in [9.17, 15) is 9.59 Å². The molecule has 0 atom stereocenters. The molecule has 1 aliphatic rings. The molecule has 0 bridgehead atoms. The van der Waals surface area contributed by atoms with Crippen molar-refractivity contribution in [1.82, 2.24) is 29.8 Å². The zero-order chi connectivity index (χ0) is 23.2. The second-order valence-corrected chi connectivity index (χ2v) is 7.64. The van der Waals surface area contributed by atoms with Gasteiger partial charge in [-0.2, -0.15) is 4.98 Å². The maximum atomic E-state index is 13.0. The van der Waals surface area contributed by atoms with E-state index < -0.39 is 5.91 Å². The molecular weight excluding hydrogens is 426 g/mol. The first kappa shape index (κ1) is 22.3. The first-order valence-corrected chi connectivity index (χ1v) is 10.6. The third-order valence-electron chi connectivity index (χ3n) is 5.27. The number of amides is 2. The minimum absolute atomic E-state index is 0.138. The van der Waals surface area contributed by atoms with Crippen molar-refractivity contribution >= 4 is 17.5 Å². The number of carbonyl (C=O) groups is 2. The number of aryl methyl sites for hydroxylation is 1. The monoisotopic (exact) mass is 451 g/mol. The van der Waals surface area contributed by atoms with E-state index in [1.54, 1.807) is 23.2 Å². The molecule has 1 saturated heterocycles. The van der Waals surface area contributed by atoms with Crippen LogP contribution in [0.1, 0.15) is 33.8 Å². The molecule has 11 nitrogen and oxygen atoms in total. The minimum Gasteiger partial charge on any atom is -0.477 e. The number of aromatic nitrogens is 5. The fourth-order valence-corrected chi connectivity index (χ4v) is 3.34. The molecule has 3 aromatic heterocycles. The summed E-state index contributed by atoms with van der Waals surface area (Å²) in [5.74, 6) is 0.252. The Balaban J connectivity index is 1.55. The summed E-state index contributed by atoms with van der Waals surface area (Å²) in [7, 11) is 3.34. The van der Waals surface area contributed by atoms with Crippen molar-refractivity contribution in [3.8, 4) is 17.4 Å². The zero-order valence-electron chi connectivity index (χ0n) is 18.4. The van der Waals surface area contributed by atoms with Gasteiger partial charge in [-0.05, 0) is 30.9 Å². The van der Waals surface area contributed by atoms with Gasteiger partial charge in [-0.15, -0.1) is 0 Å². The summed E-state index contributed by atoms with van der Waals surface area (Å²) in [4.78, 5) is 41.7. The van der Waals surface area contributed by atoms with E-state index in [1.807, 2.05) is 7.05 Å². The van der Waals surface area contributed by atoms with Gasteiger partial charge in [0, 0.05) is 33.4 Å². The van der Waals surface area contributed by atoms with Gasteiger partial charge in [0.1, 0.15) is 17.1 Å². The Labute approximate surface area is 190 Å². The fourth-order valence-electron chi connectivity index (χ4n) is 3.34. The summed E-state index contributed by atoms with van der Waals surface area (Å²) in [5, 5.41) is 5.24. The number of hydrogen-bond donors (Lipinski definition) is 2. The number of imidazole rings is 1. The lowest BCUT2D eigenvalue weighted by Crippen LogP contribution is -2.22. The van der Waals surface area contributed by atoms with Gasteiger partial charge in [-0.1, -0.05) is 0 Å². The van der Waals surface area contributed by atoms with Crippen LogP contribution in [0, 0.1) is 5.92 Å². The van der Waals surface area contributed by atoms with Gasteiger partial charge in [-0.25, -0.2) is 15.0 Å². The van der Waals surface area contributed by atoms with Crippen LogP contribution in [0.5, 0.6) is 5.88 Å². The Morgan fingerprint density at radius 1 is 1.15 bits per heavy atom.